The molecule has 0 fully saturated rings. The summed E-state index contributed by atoms with van der Waals surface area (Å²) in [7, 11) is -3.54. The average Bonchev–Trinajstić information content (AvgIpc) is 3.02. The molecule has 2 aromatic rings. The van der Waals surface area contributed by atoms with E-state index in [1.165, 1.54) is 6.42 Å². The van der Waals surface area contributed by atoms with Crippen LogP contribution in [0.5, 0.6) is 0 Å². The highest BCUT2D eigenvalue weighted by Crippen LogP contribution is 2.28. The molecule has 0 saturated carbocycles. The highest BCUT2D eigenvalue weighted by molar-refractivity contribution is 7.89. The molecule has 0 saturated heterocycles. The first-order chi connectivity index (χ1) is 13.0. The number of fused-ring (bicyclic) bond motifs is 3. The van der Waals surface area contributed by atoms with E-state index in [2.05, 4.69) is 23.7 Å². The Balaban J connectivity index is 1.57. The summed E-state index contributed by atoms with van der Waals surface area (Å²) in [5, 5.41) is 0.738. The molecule has 0 N–H and O–H groups in total. The third kappa shape index (κ3) is 4.47. The molecule has 8 heteroatoms. The number of hydrogen-bond donors (Lipinski definition) is 0. The Labute approximate surface area is 167 Å². The highest BCUT2D eigenvalue weighted by atomic mass is 35.5. The van der Waals surface area contributed by atoms with Crippen molar-refractivity contribution in [1.29, 1.82) is 0 Å². The number of nitrogens with zero attached hydrogens (tertiary/aromatic N) is 4. The predicted octanol–water partition coefficient (Wildman–Crippen LogP) is 3.60. The van der Waals surface area contributed by atoms with Gasteiger partial charge in [-0.05, 0) is 50.7 Å². The van der Waals surface area contributed by atoms with Crippen molar-refractivity contribution in [1.82, 2.24) is 18.8 Å². The molecule has 0 radical (unpaired) electrons. The van der Waals surface area contributed by atoms with Crippen molar-refractivity contribution in [3.05, 3.63) is 23.2 Å². The van der Waals surface area contributed by atoms with E-state index in [0.717, 1.165) is 44.4 Å². The molecule has 27 heavy (non-hydrogen) atoms. The molecule has 1 aromatic heterocycles. The van der Waals surface area contributed by atoms with Crippen molar-refractivity contribution < 1.29 is 8.42 Å². The molecule has 150 valence electrons. The number of aromatic nitrogens is 2. The van der Waals surface area contributed by atoms with Crippen molar-refractivity contribution in [3.8, 4) is 0 Å². The normalized spacial score (nSPS) is 16.9. The zero-order chi connectivity index (χ0) is 19.4. The van der Waals surface area contributed by atoms with Crippen LogP contribution in [0.2, 0.25) is 5.02 Å². The van der Waals surface area contributed by atoms with E-state index in [1.54, 1.807) is 27.1 Å². The Kier molecular flexibility index (Phi) is 6.78. The van der Waals surface area contributed by atoms with Gasteiger partial charge in [-0.15, -0.1) is 0 Å². The van der Waals surface area contributed by atoms with Gasteiger partial charge >= 0.3 is 0 Å². The standard InChI is InChI=1S/C19H29ClN4O2S/c1-3-22(4-2)11-7-5-6-8-12-23-13-14-24-18-15-16(20)9-10-17(18)21-19(24)27(23,25)26/h9-10,15H,3-8,11-14H2,1-2H3. The molecule has 3 rings (SSSR count). The molecule has 1 aliphatic rings. The molecule has 0 aliphatic carbocycles. The molecule has 0 atom stereocenters. The van der Waals surface area contributed by atoms with Gasteiger partial charge in [0.2, 0.25) is 5.16 Å². The third-order valence-corrected chi connectivity index (χ3v) is 7.40. The fourth-order valence-corrected chi connectivity index (χ4v) is 5.45. The number of benzene rings is 1. The highest BCUT2D eigenvalue weighted by Gasteiger charge is 2.34. The fourth-order valence-electron chi connectivity index (χ4n) is 3.68. The second-order valence-corrected chi connectivity index (χ2v) is 9.29. The quantitative estimate of drug-likeness (QED) is 0.590. The van der Waals surface area contributed by atoms with Gasteiger partial charge in [-0.1, -0.05) is 38.3 Å². The van der Waals surface area contributed by atoms with Gasteiger partial charge in [0.05, 0.1) is 11.0 Å². The second kappa shape index (κ2) is 8.90. The van der Waals surface area contributed by atoms with Crippen LogP contribution in [0.3, 0.4) is 0 Å². The molecule has 1 aliphatic heterocycles. The van der Waals surface area contributed by atoms with Gasteiger partial charge in [0, 0.05) is 24.7 Å². The number of halogens is 1. The number of hydrogen-bond acceptors (Lipinski definition) is 4. The molecule has 6 nitrogen and oxygen atoms in total. The van der Waals surface area contributed by atoms with Crippen LogP contribution in [0.1, 0.15) is 39.5 Å². The number of sulfonamides is 1. The lowest BCUT2D eigenvalue weighted by molar-refractivity contribution is 0.293. The van der Waals surface area contributed by atoms with Crippen molar-refractivity contribution in [2.45, 2.75) is 51.2 Å². The Morgan fingerprint density at radius 2 is 1.85 bits per heavy atom. The summed E-state index contributed by atoms with van der Waals surface area (Å²) in [4.78, 5) is 6.78. The molecule has 0 unspecified atom stereocenters. The summed E-state index contributed by atoms with van der Waals surface area (Å²) in [6.45, 7) is 9.36. The van der Waals surface area contributed by atoms with Crippen LogP contribution in [0.15, 0.2) is 23.4 Å². The summed E-state index contributed by atoms with van der Waals surface area (Å²) < 4.78 is 29.3. The van der Waals surface area contributed by atoms with E-state index < -0.39 is 10.0 Å². The Hall–Kier alpha value is -1.15. The lowest BCUT2D eigenvalue weighted by atomic mass is 10.2. The summed E-state index contributed by atoms with van der Waals surface area (Å²) >= 11 is 6.06. The summed E-state index contributed by atoms with van der Waals surface area (Å²) in [5.41, 5.74) is 1.47. The molecular formula is C19H29ClN4O2S. The van der Waals surface area contributed by atoms with Gasteiger partial charge in [-0.2, -0.15) is 4.31 Å². The van der Waals surface area contributed by atoms with Gasteiger partial charge in [-0.25, -0.2) is 13.4 Å². The van der Waals surface area contributed by atoms with Crippen LogP contribution in [0, 0.1) is 0 Å². The van der Waals surface area contributed by atoms with Crippen LogP contribution in [-0.2, 0) is 16.6 Å². The molecule has 0 spiro atoms. The zero-order valence-corrected chi connectivity index (χ0v) is 17.8. The maximum atomic E-state index is 12.9. The van der Waals surface area contributed by atoms with E-state index in [0.29, 0.717) is 30.2 Å². The lowest BCUT2D eigenvalue weighted by Gasteiger charge is -2.27. The van der Waals surface area contributed by atoms with E-state index in [9.17, 15) is 8.42 Å². The topological polar surface area (TPSA) is 58.4 Å². The average molecular weight is 413 g/mol. The molecule has 1 aromatic carbocycles. The Morgan fingerprint density at radius 3 is 2.59 bits per heavy atom. The Bertz CT molecular complexity index is 877. The fraction of sp³-hybridized carbons (Fsp3) is 0.632. The van der Waals surface area contributed by atoms with Crippen molar-refractivity contribution >= 4 is 32.7 Å². The lowest BCUT2D eigenvalue weighted by Crippen LogP contribution is -2.40. The van der Waals surface area contributed by atoms with Crippen LogP contribution < -0.4 is 0 Å². The van der Waals surface area contributed by atoms with Crippen LogP contribution in [-0.4, -0.2) is 59.9 Å². The van der Waals surface area contributed by atoms with Crippen molar-refractivity contribution in [2.75, 3.05) is 32.7 Å². The monoisotopic (exact) mass is 412 g/mol. The van der Waals surface area contributed by atoms with Gasteiger partial charge in [0.1, 0.15) is 0 Å². The van der Waals surface area contributed by atoms with Gasteiger partial charge in [-0.3, -0.25) is 0 Å². The van der Waals surface area contributed by atoms with Crippen LogP contribution in [0.25, 0.3) is 11.0 Å². The number of imidazole rings is 1. The van der Waals surface area contributed by atoms with E-state index in [-0.39, 0.29) is 5.16 Å². The van der Waals surface area contributed by atoms with Gasteiger partial charge in [0.25, 0.3) is 10.0 Å². The van der Waals surface area contributed by atoms with Crippen molar-refractivity contribution in [3.63, 3.8) is 0 Å². The third-order valence-electron chi connectivity index (χ3n) is 5.35. The number of rotatable bonds is 9. The minimum atomic E-state index is -3.54. The minimum Gasteiger partial charge on any atom is -0.312 e. The number of unbranched alkanes of at least 4 members (excludes halogenated alkanes) is 3. The first kappa shape index (κ1) is 20.6. The van der Waals surface area contributed by atoms with E-state index >= 15 is 0 Å². The first-order valence-electron chi connectivity index (χ1n) is 9.85. The van der Waals surface area contributed by atoms with Gasteiger partial charge in [0.15, 0.2) is 0 Å². The van der Waals surface area contributed by atoms with Crippen LogP contribution >= 0.6 is 11.6 Å². The molecule has 0 amide bonds. The predicted molar refractivity (Wildman–Crippen MR) is 110 cm³/mol. The SMILES string of the molecule is CCN(CC)CCCCCCN1CCn2c(nc3ccc(Cl)cc32)S1(=O)=O. The van der Waals surface area contributed by atoms with E-state index in [1.807, 2.05) is 0 Å². The Morgan fingerprint density at radius 1 is 1.11 bits per heavy atom. The first-order valence-corrected chi connectivity index (χ1v) is 11.7. The maximum absolute atomic E-state index is 12.9. The summed E-state index contributed by atoms with van der Waals surface area (Å²) in [5.74, 6) is 0. The van der Waals surface area contributed by atoms with Crippen LogP contribution in [0.4, 0.5) is 0 Å². The molecular weight excluding hydrogens is 384 g/mol. The zero-order valence-electron chi connectivity index (χ0n) is 16.2. The smallest absolute Gasteiger partial charge is 0.277 e. The second-order valence-electron chi connectivity index (χ2n) is 7.02. The summed E-state index contributed by atoms with van der Waals surface area (Å²) in [6, 6.07) is 5.30. The maximum Gasteiger partial charge on any atom is 0.277 e. The van der Waals surface area contributed by atoms with Gasteiger partial charge < -0.3 is 9.47 Å². The molecule has 0 bridgehead atoms. The summed E-state index contributed by atoms with van der Waals surface area (Å²) in [6.07, 6.45) is 4.26. The minimum absolute atomic E-state index is 0.146. The largest absolute Gasteiger partial charge is 0.312 e. The van der Waals surface area contributed by atoms with Crippen molar-refractivity contribution in [2.24, 2.45) is 0 Å². The van der Waals surface area contributed by atoms with E-state index in [4.69, 9.17) is 11.6 Å². The molecule has 2 heterocycles.